The average molecular weight is 500 g/mol. The molecule has 1 aliphatic rings. The van der Waals surface area contributed by atoms with Gasteiger partial charge in [-0.3, -0.25) is 20.2 Å². The van der Waals surface area contributed by atoms with Gasteiger partial charge in [0, 0.05) is 6.26 Å². The lowest BCUT2D eigenvalue weighted by Gasteiger charge is -2.32. The van der Waals surface area contributed by atoms with Crippen molar-refractivity contribution in [2.45, 2.75) is 55.6 Å². The van der Waals surface area contributed by atoms with Crippen LogP contribution in [-0.2, 0) is 24.2 Å². The molecule has 2 aromatic carbocycles. The lowest BCUT2D eigenvalue weighted by Crippen LogP contribution is -2.50. The van der Waals surface area contributed by atoms with Crippen molar-refractivity contribution < 1.29 is 23.2 Å². The summed E-state index contributed by atoms with van der Waals surface area (Å²) in [6, 6.07) is 14.7. The van der Waals surface area contributed by atoms with E-state index < -0.39 is 32.3 Å². The van der Waals surface area contributed by atoms with Gasteiger partial charge >= 0.3 is 0 Å². The number of carbonyl (C=O) groups excluding carboxylic acids is 2. The van der Waals surface area contributed by atoms with Crippen molar-refractivity contribution in [1.82, 2.24) is 10.9 Å². The van der Waals surface area contributed by atoms with E-state index in [1.165, 1.54) is 6.92 Å². The summed E-state index contributed by atoms with van der Waals surface area (Å²) >= 11 is 0. The minimum Gasteiger partial charge on any atom is -0.293 e. The van der Waals surface area contributed by atoms with Gasteiger partial charge in [-0.15, -0.1) is 0 Å². The third-order valence-corrected chi connectivity index (χ3v) is 8.90. The Balaban J connectivity index is 2.24. The normalized spacial score (nSPS) is 17.1. The maximum Gasteiger partial charge on any atom is 0.259 e. The van der Waals surface area contributed by atoms with Crippen LogP contribution in [0.25, 0.3) is 6.08 Å². The number of amides is 2. The molecular formula is C26H33N3O5S. The van der Waals surface area contributed by atoms with Crippen molar-refractivity contribution in [1.29, 1.82) is 0 Å². The molecule has 9 heteroatoms. The summed E-state index contributed by atoms with van der Waals surface area (Å²) in [7, 11) is -4.03. The van der Waals surface area contributed by atoms with Crippen LogP contribution in [0.15, 0.2) is 54.6 Å². The summed E-state index contributed by atoms with van der Waals surface area (Å²) in [4.78, 5) is 26.0. The quantitative estimate of drug-likeness (QED) is 0.181. The SMILES string of the molecule is C[C@](C(=O)NN)(c1cccc(C2CCCC2)c1[C@H](C/C=C/c1ccccc1)C(=O)NO)S(C)(=O)=O. The molecular weight excluding hydrogens is 466 g/mol. The Morgan fingerprint density at radius 2 is 1.80 bits per heavy atom. The van der Waals surface area contributed by atoms with Crippen LogP contribution in [0.5, 0.6) is 0 Å². The molecule has 3 rings (SSSR count). The predicted octanol–water partition coefficient (Wildman–Crippen LogP) is 3.29. The molecule has 8 nitrogen and oxygen atoms in total. The lowest BCUT2D eigenvalue weighted by atomic mass is 9.78. The Bertz CT molecular complexity index is 1190. The van der Waals surface area contributed by atoms with Crippen LogP contribution in [0.4, 0.5) is 0 Å². The maximum absolute atomic E-state index is 13.0. The summed E-state index contributed by atoms with van der Waals surface area (Å²) in [5, 5.41) is 9.61. The van der Waals surface area contributed by atoms with Gasteiger partial charge in [0.2, 0.25) is 0 Å². The second-order valence-electron chi connectivity index (χ2n) is 9.15. The molecule has 2 amide bonds. The highest BCUT2D eigenvalue weighted by molar-refractivity contribution is 7.92. The summed E-state index contributed by atoms with van der Waals surface area (Å²) in [5.74, 6) is 3.02. The summed E-state index contributed by atoms with van der Waals surface area (Å²) < 4.78 is 24.0. The lowest BCUT2D eigenvalue weighted by molar-refractivity contribution is -0.131. The number of rotatable bonds is 9. The molecule has 0 spiro atoms. The molecule has 35 heavy (non-hydrogen) atoms. The molecule has 0 aliphatic heterocycles. The van der Waals surface area contributed by atoms with E-state index in [0.717, 1.165) is 43.1 Å². The van der Waals surface area contributed by atoms with Gasteiger partial charge in [0.05, 0.1) is 5.92 Å². The molecule has 1 aliphatic carbocycles. The van der Waals surface area contributed by atoms with Gasteiger partial charge in [0.25, 0.3) is 11.8 Å². The first kappa shape index (κ1) is 26.6. The van der Waals surface area contributed by atoms with Gasteiger partial charge in [-0.05, 0) is 54.4 Å². The number of hydrogen-bond acceptors (Lipinski definition) is 6. The Morgan fingerprint density at radius 1 is 1.14 bits per heavy atom. The molecule has 1 fully saturated rings. The van der Waals surface area contributed by atoms with Crippen molar-refractivity contribution in [2.24, 2.45) is 5.84 Å². The number of allylic oxidation sites excluding steroid dienone is 1. The summed E-state index contributed by atoms with van der Waals surface area (Å²) in [5.41, 5.74) is 6.12. The minimum absolute atomic E-state index is 0.113. The number of benzene rings is 2. The van der Waals surface area contributed by atoms with E-state index in [1.54, 1.807) is 17.6 Å². The fourth-order valence-corrected chi connectivity index (χ4v) is 5.92. The number of carbonyl (C=O) groups is 2. The van der Waals surface area contributed by atoms with Gasteiger partial charge in [-0.2, -0.15) is 0 Å². The molecule has 0 aromatic heterocycles. The number of hydroxylamine groups is 1. The fourth-order valence-electron chi connectivity index (χ4n) is 4.95. The molecule has 0 radical (unpaired) electrons. The summed E-state index contributed by atoms with van der Waals surface area (Å²) in [6.45, 7) is 1.30. The fraction of sp³-hybridized carbons (Fsp3) is 0.385. The van der Waals surface area contributed by atoms with Crippen LogP contribution in [0.2, 0.25) is 0 Å². The van der Waals surface area contributed by atoms with E-state index in [9.17, 15) is 23.2 Å². The second kappa shape index (κ2) is 11.2. The molecule has 2 aromatic rings. The number of hydrazine groups is 1. The molecule has 5 N–H and O–H groups in total. The monoisotopic (exact) mass is 499 g/mol. The smallest absolute Gasteiger partial charge is 0.259 e. The van der Waals surface area contributed by atoms with Crippen molar-refractivity contribution in [3.05, 3.63) is 76.9 Å². The topological polar surface area (TPSA) is 139 Å². The van der Waals surface area contributed by atoms with Crippen molar-refractivity contribution in [3.63, 3.8) is 0 Å². The van der Waals surface area contributed by atoms with E-state index in [2.05, 4.69) is 0 Å². The Morgan fingerprint density at radius 3 is 2.37 bits per heavy atom. The highest BCUT2D eigenvalue weighted by Crippen LogP contribution is 2.44. The third-order valence-electron chi connectivity index (χ3n) is 7.01. The second-order valence-corrected chi connectivity index (χ2v) is 11.5. The molecule has 188 valence electrons. The highest BCUT2D eigenvalue weighted by Gasteiger charge is 2.48. The van der Waals surface area contributed by atoms with Crippen molar-refractivity contribution >= 4 is 27.7 Å². The van der Waals surface area contributed by atoms with Crippen LogP contribution in [0.3, 0.4) is 0 Å². The summed E-state index contributed by atoms with van der Waals surface area (Å²) in [6.07, 6.45) is 8.65. The Hall–Kier alpha value is -3.01. The zero-order chi connectivity index (χ0) is 25.6. The first-order valence-corrected chi connectivity index (χ1v) is 13.5. The number of nitrogens with one attached hydrogen (secondary N) is 2. The van der Waals surface area contributed by atoms with Crippen LogP contribution < -0.4 is 16.7 Å². The molecule has 0 bridgehead atoms. The predicted molar refractivity (Wildman–Crippen MR) is 135 cm³/mol. The van der Waals surface area contributed by atoms with Crippen LogP contribution in [0, 0.1) is 0 Å². The van der Waals surface area contributed by atoms with Crippen molar-refractivity contribution in [3.8, 4) is 0 Å². The first-order chi connectivity index (χ1) is 16.6. The Kier molecular flexibility index (Phi) is 8.47. The van der Waals surface area contributed by atoms with E-state index in [-0.39, 0.29) is 17.9 Å². The largest absolute Gasteiger partial charge is 0.293 e. The third kappa shape index (κ3) is 5.47. The molecule has 2 atom stereocenters. The van der Waals surface area contributed by atoms with E-state index in [0.29, 0.717) is 5.56 Å². The number of hydrogen-bond donors (Lipinski definition) is 4. The van der Waals surface area contributed by atoms with Crippen LogP contribution >= 0.6 is 0 Å². The van der Waals surface area contributed by atoms with Crippen LogP contribution in [0.1, 0.15) is 73.1 Å². The van der Waals surface area contributed by atoms with Gasteiger partial charge < -0.3 is 0 Å². The number of nitrogens with two attached hydrogens (primary N) is 1. The maximum atomic E-state index is 13.0. The van der Waals surface area contributed by atoms with Gasteiger partial charge in [-0.1, -0.05) is 73.5 Å². The molecule has 0 heterocycles. The molecule has 0 saturated heterocycles. The average Bonchev–Trinajstić information content (AvgIpc) is 3.39. The molecule has 0 unspecified atom stereocenters. The minimum atomic E-state index is -4.03. The van der Waals surface area contributed by atoms with Gasteiger partial charge in [-0.25, -0.2) is 19.7 Å². The van der Waals surface area contributed by atoms with Crippen LogP contribution in [-0.4, -0.2) is 31.7 Å². The molecule has 1 saturated carbocycles. The first-order valence-electron chi connectivity index (χ1n) is 11.6. The van der Waals surface area contributed by atoms with Crippen molar-refractivity contribution in [2.75, 3.05) is 6.26 Å². The zero-order valence-electron chi connectivity index (χ0n) is 20.0. The van der Waals surface area contributed by atoms with Gasteiger partial charge in [0.15, 0.2) is 14.6 Å². The Labute approximate surface area is 206 Å². The number of sulfone groups is 1. The highest BCUT2D eigenvalue weighted by atomic mass is 32.2. The van der Waals surface area contributed by atoms with E-state index in [4.69, 9.17) is 5.84 Å². The van der Waals surface area contributed by atoms with E-state index in [1.807, 2.05) is 54.0 Å². The van der Waals surface area contributed by atoms with E-state index >= 15 is 0 Å². The zero-order valence-corrected chi connectivity index (χ0v) is 20.8. The standard InChI is InChI=1S/C26H33N3O5S/c1-26(25(31)28-27,35(2,33)34)22-17-9-15-20(19-13-6-7-14-19)23(22)21(24(30)29-32)16-8-12-18-10-4-3-5-11-18/h3-5,8-12,15,17,19,21,32H,6-7,13-14,16,27H2,1-2H3,(H,28,31)(H,29,30)/b12-8+/t21-,26+/m0/s1. The van der Waals surface area contributed by atoms with Gasteiger partial charge in [0.1, 0.15) is 0 Å².